The Hall–Kier alpha value is -1.86. The number of nitrogens with zero attached hydrogens (tertiary/aromatic N) is 2. The van der Waals surface area contributed by atoms with E-state index in [1.165, 1.54) is 12.1 Å². The molecule has 1 heterocycles. The molecule has 0 bridgehead atoms. The molecule has 1 aromatic carbocycles. The predicted octanol–water partition coefficient (Wildman–Crippen LogP) is 1.81. The summed E-state index contributed by atoms with van der Waals surface area (Å²) in [4.78, 5) is 24.8. The molecule has 0 saturated carbocycles. The summed E-state index contributed by atoms with van der Waals surface area (Å²) < 4.78 is 0. The standard InChI is InChI=1S/C14H20N4O3.ClH/c1-2-7-17(11-5-6-16-9-11)14(19)10-3-4-12(15)13(8-10)18(20)21;/h3-4,8,11,16H,2,5-7,9,15H2,1H3;1H. The van der Waals surface area contributed by atoms with Crippen LogP contribution in [-0.2, 0) is 0 Å². The summed E-state index contributed by atoms with van der Waals surface area (Å²) in [6, 6.07) is 4.38. The van der Waals surface area contributed by atoms with Crippen molar-refractivity contribution in [1.82, 2.24) is 10.2 Å². The van der Waals surface area contributed by atoms with E-state index in [9.17, 15) is 14.9 Å². The molecule has 7 nitrogen and oxygen atoms in total. The second kappa shape index (κ2) is 7.95. The molecule has 3 N–H and O–H groups in total. The van der Waals surface area contributed by atoms with Gasteiger partial charge in [0, 0.05) is 30.8 Å². The lowest BCUT2D eigenvalue weighted by Crippen LogP contribution is -2.42. The number of nitrogens with one attached hydrogen (secondary N) is 1. The van der Waals surface area contributed by atoms with Gasteiger partial charge < -0.3 is 16.0 Å². The molecule has 2 rings (SSSR count). The minimum atomic E-state index is -0.562. The van der Waals surface area contributed by atoms with Crippen molar-refractivity contribution >= 4 is 29.7 Å². The third-order valence-corrected chi connectivity index (χ3v) is 3.67. The Bertz CT molecular complexity index is 547. The van der Waals surface area contributed by atoms with E-state index >= 15 is 0 Å². The second-order valence-corrected chi connectivity index (χ2v) is 5.18. The van der Waals surface area contributed by atoms with Crippen molar-refractivity contribution in [2.75, 3.05) is 25.4 Å². The molecule has 1 aliphatic rings. The fraction of sp³-hybridized carbons (Fsp3) is 0.500. The normalized spacial score (nSPS) is 16.9. The topological polar surface area (TPSA) is 102 Å². The maximum absolute atomic E-state index is 12.6. The molecule has 0 radical (unpaired) electrons. The number of anilines is 1. The maximum atomic E-state index is 12.6. The van der Waals surface area contributed by atoms with Crippen LogP contribution < -0.4 is 11.1 Å². The minimum absolute atomic E-state index is 0. The summed E-state index contributed by atoms with van der Waals surface area (Å²) in [7, 11) is 0. The van der Waals surface area contributed by atoms with E-state index in [2.05, 4.69) is 5.32 Å². The fourth-order valence-corrected chi connectivity index (χ4v) is 2.60. The number of nitro benzene ring substituents is 1. The molecular weight excluding hydrogens is 308 g/mol. The molecule has 0 spiro atoms. The van der Waals surface area contributed by atoms with Crippen molar-refractivity contribution in [3.8, 4) is 0 Å². The predicted molar refractivity (Wildman–Crippen MR) is 87.4 cm³/mol. The lowest BCUT2D eigenvalue weighted by Gasteiger charge is -2.28. The van der Waals surface area contributed by atoms with E-state index in [1.54, 1.807) is 11.0 Å². The quantitative estimate of drug-likeness (QED) is 0.487. The Labute approximate surface area is 135 Å². The smallest absolute Gasteiger partial charge is 0.292 e. The lowest BCUT2D eigenvalue weighted by atomic mass is 10.1. The van der Waals surface area contributed by atoms with Gasteiger partial charge in [-0.3, -0.25) is 14.9 Å². The largest absolute Gasteiger partial charge is 0.393 e. The van der Waals surface area contributed by atoms with E-state index in [-0.39, 0.29) is 35.7 Å². The Morgan fingerprint density at radius 1 is 1.55 bits per heavy atom. The first kappa shape index (κ1) is 18.2. The van der Waals surface area contributed by atoms with Crippen molar-refractivity contribution in [1.29, 1.82) is 0 Å². The molecule has 1 unspecified atom stereocenters. The van der Waals surface area contributed by atoms with Gasteiger partial charge in [0.25, 0.3) is 11.6 Å². The highest BCUT2D eigenvalue weighted by Crippen LogP contribution is 2.24. The van der Waals surface area contributed by atoms with E-state index < -0.39 is 4.92 Å². The van der Waals surface area contributed by atoms with Gasteiger partial charge in [0.05, 0.1) is 4.92 Å². The summed E-state index contributed by atoms with van der Waals surface area (Å²) in [6.45, 7) is 4.31. The van der Waals surface area contributed by atoms with Gasteiger partial charge in [-0.05, 0) is 31.5 Å². The Morgan fingerprint density at radius 3 is 2.82 bits per heavy atom. The Kier molecular flexibility index (Phi) is 6.58. The molecule has 1 aliphatic heterocycles. The average molecular weight is 329 g/mol. The number of carbonyl (C=O) groups excluding carboxylic acids is 1. The number of hydrogen-bond donors (Lipinski definition) is 2. The molecule has 0 aliphatic carbocycles. The van der Waals surface area contributed by atoms with Gasteiger partial charge in [0.15, 0.2) is 0 Å². The highest BCUT2D eigenvalue weighted by molar-refractivity contribution is 5.96. The van der Waals surface area contributed by atoms with Crippen LogP contribution in [0.1, 0.15) is 30.1 Å². The second-order valence-electron chi connectivity index (χ2n) is 5.18. The molecular formula is C14H21ClN4O3. The van der Waals surface area contributed by atoms with Gasteiger partial charge in [0.1, 0.15) is 5.69 Å². The van der Waals surface area contributed by atoms with Crippen LogP contribution >= 0.6 is 12.4 Å². The molecule has 122 valence electrons. The summed E-state index contributed by atoms with van der Waals surface area (Å²) in [5.74, 6) is -0.173. The lowest BCUT2D eigenvalue weighted by molar-refractivity contribution is -0.383. The molecule has 1 amide bonds. The number of rotatable bonds is 5. The zero-order valence-corrected chi connectivity index (χ0v) is 13.3. The number of hydrogen-bond acceptors (Lipinski definition) is 5. The van der Waals surface area contributed by atoms with Gasteiger partial charge in [-0.15, -0.1) is 12.4 Å². The number of benzene rings is 1. The van der Waals surface area contributed by atoms with Gasteiger partial charge in [0.2, 0.25) is 0 Å². The summed E-state index contributed by atoms with van der Waals surface area (Å²) in [5.41, 5.74) is 5.74. The summed E-state index contributed by atoms with van der Waals surface area (Å²) >= 11 is 0. The van der Waals surface area contributed by atoms with Gasteiger partial charge in [-0.2, -0.15) is 0 Å². The number of carbonyl (C=O) groups is 1. The van der Waals surface area contributed by atoms with E-state index in [4.69, 9.17) is 5.73 Å². The van der Waals surface area contributed by atoms with Crippen molar-refractivity contribution in [3.63, 3.8) is 0 Å². The van der Waals surface area contributed by atoms with Gasteiger partial charge in [-0.1, -0.05) is 6.92 Å². The van der Waals surface area contributed by atoms with Crippen molar-refractivity contribution in [2.24, 2.45) is 0 Å². The van der Waals surface area contributed by atoms with Crippen LogP contribution in [0.2, 0.25) is 0 Å². The third kappa shape index (κ3) is 3.86. The molecule has 1 saturated heterocycles. The van der Waals surface area contributed by atoms with Crippen LogP contribution in [0, 0.1) is 10.1 Å². The van der Waals surface area contributed by atoms with Gasteiger partial charge in [-0.25, -0.2) is 0 Å². The van der Waals surface area contributed by atoms with Crippen LogP contribution in [0.3, 0.4) is 0 Å². The molecule has 1 atom stereocenters. The van der Waals surface area contributed by atoms with E-state index in [1.807, 2.05) is 6.92 Å². The summed E-state index contributed by atoms with van der Waals surface area (Å²) in [6.07, 6.45) is 1.75. The van der Waals surface area contributed by atoms with Crippen LogP contribution in [0.5, 0.6) is 0 Å². The number of nitro groups is 1. The maximum Gasteiger partial charge on any atom is 0.292 e. The Morgan fingerprint density at radius 2 is 2.27 bits per heavy atom. The van der Waals surface area contributed by atoms with Crippen LogP contribution in [0.4, 0.5) is 11.4 Å². The van der Waals surface area contributed by atoms with E-state index in [0.29, 0.717) is 12.1 Å². The highest BCUT2D eigenvalue weighted by Gasteiger charge is 2.27. The highest BCUT2D eigenvalue weighted by atomic mass is 35.5. The first-order valence-corrected chi connectivity index (χ1v) is 7.10. The minimum Gasteiger partial charge on any atom is -0.393 e. The monoisotopic (exact) mass is 328 g/mol. The first-order valence-electron chi connectivity index (χ1n) is 7.10. The average Bonchev–Trinajstić information content (AvgIpc) is 2.98. The van der Waals surface area contributed by atoms with Crippen molar-refractivity contribution in [3.05, 3.63) is 33.9 Å². The molecule has 0 aromatic heterocycles. The zero-order chi connectivity index (χ0) is 15.4. The summed E-state index contributed by atoms with van der Waals surface area (Å²) in [5, 5.41) is 14.2. The molecule has 1 aromatic rings. The van der Waals surface area contributed by atoms with Crippen LogP contribution in [-0.4, -0.2) is 41.4 Å². The van der Waals surface area contributed by atoms with E-state index in [0.717, 1.165) is 25.9 Å². The van der Waals surface area contributed by atoms with Crippen LogP contribution in [0.15, 0.2) is 18.2 Å². The molecule has 22 heavy (non-hydrogen) atoms. The Balaban J connectivity index is 0.00000242. The molecule has 8 heteroatoms. The number of nitrogen functional groups attached to an aromatic ring is 1. The SMILES string of the molecule is CCCN(C(=O)c1ccc(N)c([N+](=O)[O-])c1)C1CCNC1.Cl. The number of halogens is 1. The van der Waals surface area contributed by atoms with Gasteiger partial charge >= 0.3 is 0 Å². The molecule has 1 fully saturated rings. The third-order valence-electron chi connectivity index (χ3n) is 3.67. The number of nitrogens with two attached hydrogens (primary N) is 1. The number of amides is 1. The van der Waals surface area contributed by atoms with Crippen molar-refractivity contribution < 1.29 is 9.72 Å². The van der Waals surface area contributed by atoms with Crippen molar-refractivity contribution in [2.45, 2.75) is 25.8 Å². The zero-order valence-electron chi connectivity index (χ0n) is 12.4. The van der Waals surface area contributed by atoms with Crippen LogP contribution in [0.25, 0.3) is 0 Å². The first-order chi connectivity index (χ1) is 10.0. The fourth-order valence-electron chi connectivity index (χ4n) is 2.60.